The van der Waals surface area contributed by atoms with Gasteiger partial charge in [-0.05, 0) is 50.9 Å². The summed E-state index contributed by atoms with van der Waals surface area (Å²) in [6.45, 7) is 0. The zero-order valence-electron chi connectivity index (χ0n) is 15.3. The van der Waals surface area contributed by atoms with E-state index in [1.165, 1.54) is 19.3 Å². The highest BCUT2D eigenvalue weighted by atomic mass is 32.1. The normalized spacial score (nSPS) is 25.6. The van der Waals surface area contributed by atoms with Crippen molar-refractivity contribution in [1.29, 1.82) is 0 Å². The van der Waals surface area contributed by atoms with Crippen LogP contribution in [0.3, 0.4) is 0 Å². The highest BCUT2D eigenvalue weighted by molar-refractivity contribution is 7.13. The van der Waals surface area contributed by atoms with E-state index in [1.807, 2.05) is 23.6 Å². The highest BCUT2D eigenvalue weighted by Crippen LogP contribution is 2.33. The van der Waals surface area contributed by atoms with Gasteiger partial charge in [0, 0.05) is 40.7 Å². The number of aromatic nitrogens is 3. The molecule has 1 amide bonds. The molecule has 7 heteroatoms. The number of hydrogen-bond donors (Lipinski definition) is 2. The van der Waals surface area contributed by atoms with Gasteiger partial charge < -0.3 is 10.2 Å². The Morgan fingerprint density at radius 3 is 2.85 bits per heavy atom. The summed E-state index contributed by atoms with van der Waals surface area (Å²) < 4.78 is 0. The molecule has 0 saturated carbocycles. The second kappa shape index (κ2) is 6.73. The number of carbonyl (C=O) groups is 1. The first-order chi connectivity index (χ1) is 13.2. The zero-order chi connectivity index (χ0) is 18.4. The molecule has 2 aliphatic rings. The summed E-state index contributed by atoms with van der Waals surface area (Å²) in [6, 6.07) is 7.41. The van der Waals surface area contributed by atoms with Crippen LogP contribution in [0.1, 0.15) is 42.6 Å². The first kappa shape index (κ1) is 16.9. The molecular formula is C20H23N5OS. The van der Waals surface area contributed by atoms with Crippen LogP contribution in [0.4, 0.5) is 0 Å². The largest absolute Gasteiger partial charge is 0.348 e. The third-order valence-corrected chi connectivity index (χ3v) is 6.95. The maximum absolute atomic E-state index is 13.0. The first-order valence-electron chi connectivity index (χ1n) is 9.60. The molecular weight excluding hydrogens is 358 g/mol. The number of benzene rings is 1. The van der Waals surface area contributed by atoms with Crippen LogP contribution in [0, 0.1) is 0 Å². The van der Waals surface area contributed by atoms with Gasteiger partial charge in [-0.2, -0.15) is 5.10 Å². The molecule has 0 aliphatic carbocycles. The highest BCUT2D eigenvalue weighted by Gasteiger charge is 2.36. The van der Waals surface area contributed by atoms with E-state index in [9.17, 15) is 4.79 Å². The van der Waals surface area contributed by atoms with E-state index in [-0.39, 0.29) is 11.9 Å². The van der Waals surface area contributed by atoms with Gasteiger partial charge in [0.15, 0.2) is 5.69 Å². The molecule has 140 valence electrons. The molecule has 5 rings (SSSR count). The van der Waals surface area contributed by atoms with E-state index in [2.05, 4.69) is 32.4 Å². The van der Waals surface area contributed by atoms with Crippen molar-refractivity contribution < 1.29 is 4.79 Å². The van der Waals surface area contributed by atoms with Crippen LogP contribution in [0.5, 0.6) is 0 Å². The first-order valence-corrected chi connectivity index (χ1v) is 10.5. The lowest BCUT2D eigenvalue weighted by atomic mass is 9.82. The van der Waals surface area contributed by atoms with Crippen LogP contribution in [-0.2, 0) is 0 Å². The van der Waals surface area contributed by atoms with Gasteiger partial charge in [-0.1, -0.05) is 6.42 Å². The fourth-order valence-corrected chi connectivity index (χ4v) is 5.31. The number of nitrogens with zero attached hydrogens (tertiary/aromatic N) is 3. The second-order valence-corrected chi connectivity index (χ2v) is 8.61. The fraction of sp³-hybridized carbons (Fsp3) is 0.450. The number of fused-ring (bicyclic) bond motifs is 3. The molecule has 2 aliphatic heterocycles. The van der Waals surface area contributed by atoms with Crippen molar-refractivity contribution in [3.63, 3.8) is 0 Å². The molecule has 2 fully saturated rings. The summed E-state index contributed by atoms with van der Waals surface area (Å²) in [5.74, 6) is -0.0786. The Hall–Kier alpha value is -2.25. The number of nitrogens with one attached hydrogen (secondary N) is 2. The van der Waals surface area contributed by atoms with Crippen molar-refractivity contribution in [2.45, 2.75) is 50.2 Å². The summed E-state index contributed by atoms with van der Waals surface area (Å²) in [5, 5.41) is 14.3. The van der Waals surface area contributed by atoms with Crippen LogP contribution in [0.25, 0.3) is 21.5 Å². The van der Waals surface area contributed by atoms with Crippen molar-refractivity contribution in [2.24, 2.45) is 0 Å². The molecule has 2 bridgehead atoms. The minimum Gasteiger partial charge on any atom is -0.348 e. The van der Waals surface area contributed by atoms with Gasteiger partial charge in [-0.15, -0.1) is 11.3 Å². The minimum absolute atomic E-state index is 0.0786. The average Bonchev–Trinajstić information content (AvgIpc) is 3.31. The summed E-state index contributed by atoms with van der Waals surface area (Å²) in [7, 11) is 2.23. The smallest absolute Gasteiger partial charge is 0.272 e. The SMILES string of the molecule is CN1[C@@H]2CCC[C@H]1CC(NC(=O)c1n[nH]c3ccc(-c4nccs4)cc13)C2. The monoisotopic (exact) mass is 381 g/mol. The molecule has 0 spiro atoms. The number of thiazole rings is 1. The maximum Gasteiger partial charge on any atom is 0.272 e. The summed E-state index contributed by atoms with van der Waals surface area (Å²) >= 11 is 1.59. The number of H-pyrrole nitrogens is 1. The quantitative estimate of drug-likeness (QED) is 0.729. The Labute approximate surface area is 162 Å². The lowest BCUT2D eigenvalue weighted by molar-refractivity contribution is 0.0462. The van der Waals surface area contributed by atoms with Gasteiger partial charge in [0.25, 0.3) is 5.91 Å². The van der Waals surface area contributed by atoms with Crippen LogP contribution in [0.15, 0.2) is 29.8 Å². The van der Waals surface area contributed by atoms with Crippen LogP contribution in [0.2, 0.25) is 0 Å². The Kier molecular flexibility index (Phi) is 4.21. The molecule has 1 aromatic carbocycles. The molecule has 0 radical (unpaired) electrons. The fourth-order valence-electron chi connectivity index (χ4n) is 4.67. The lowest BCUT2D eigenvalue weighted by Gasteiger charge is -2.47. The van der Waals surface area contributed by atoms with Crippen molar-refractivity contribution >= 4 is 28.1 Å². The van der Waals surface area contributed by atoms with Gasteiger partial charge in [-0.3, -0.25) is 9.89 Å². The van der Waals surface area contributed by atoms with Crippen LogP contribution < -0.4 is 5.32 Å². The number of hydrogen-bond acceptors (Lipinski definition) is 5. The molecule has 4 heterocycles. The molecule has 2 saturated heterocycles. The van der Waals surface area contributed by atoms with Crippen molar-refractivity contribution in [3.05, 3.63) is 35.5 Å². The molecule has 2 aromatic heterocycles. The second-order valence-electron chi connectivity index (χ2n) is 7.72. The third kappa shape index (κ3) is 3.04. The topological polar surface area (TPSA) is 73.9 Å². The number of rotatable bonds is 3. The molecule has 1 unspecified atom stereocenters. The van der Waals surface area contributed by atoms with E-state index in [1.54, 1.807) is 17.5 Å². The standard InChI is InChI=1S/C20H23N5OS/c1-25-14-3-2-4-15(25)11-13(10-14)22-19(26)18-16-9-12(20-21-7-8-27-20)5-6-17(16)23-24-18/h5-9,13-15H,2-4,10-11H2,1H3,(H,22,26)(H,23,24)/t13?,14-,15+. The lowest BCUT2D eigenvalue weighted by Crippen LogP contribution is -2.55. The molecule has 3 atom stereocenters. The predicted molar refractivity (Wildman–Crippen MR) is 107 cm³/mol. The minimum atomic E-state index is -0.0786. The number of carbonyl (C=O) groups excluding carboxylic acids is 1. The van der Waals surface area contributed by atoms with E-state index < -0.39 is 0 Å². The zero-order valence-corrected chi connectivity index (χ0v) is 16.1. The van der Waals surface area contributed by atoms with Gasteiger partial charge in [0.1, 0.15) is 5.01 Å². The van der Waals surface area contributed by atoms with Gasteiger partial charge in [0.2, 0.25) is 0 Å². The predicted octanol–water partition coefficient (Wildman–Crippen LogP) is 3.43. The third-order valence-electron chi connectivity index (χ3n) is 6.13. The number of piperidine rings is 2. The Bertz CT molecular complexity index is 952. The summed E-state index contributed by atoms with van der Waals surface area (Å²) in [6.07, 6.45) is 7.65. The Balaban J connectivity index is 1.38. The van der Waals surface area contributed by atoms with E-state index in [0.717, 1.165) is 34.3 Å². The molecule has 3 aromatic rings. The van der Waals surface area contributed by atoms with Crippen molar-refractivity contribution in [1.82, 2.24) is 25.4 Å². The van der Waals surface area contributed by atoms with Crippen LogP contribution in [-0.4, -0.2) is 51.2 Å². The molecule has 27 heavy (non-hydrogen) atoms. The Morgan fingerprint density at radius 2 is 2.11 bits per heavy atom. The summed E-state index contributed by atoms with van der Waals surface area (Å²) in [4.78, 5) is 19.8. The van der Waals surface area contributed by atoms with Crippen LogP contribution >= 0.6 is 11.3 Å². The number of amides is 1. The van der Waals surface area contributed by atoms with Crippen molar-refractivity contribution in [3.8, 4) is 10.6 Å². The van der Waals surface area contributed by atoms with E-state index in [0.29, 0.717) is 17.8 Å². The van der Waals surface area contributed by atoms with Gasteiger partial charge in [-0.25, -0.2) is 4.98 Å². The summed E-state index contributed by atoms with van der Waals surface area (Å²) in [5.41, 5.74) is 2.37. The molecule has 2 N–H and O–H groups in total. The number of aromatic amines is 1. The van der Waals surface area contributed by atoms with E-state index in [4.69, 9.17) is 0 Å². The van der Waals surface area contributed by atoms with Gasteiger partial charge >= 0.3 is 0 Å². The van der Waals surface area contributed by atoms with E-state index >= 15 is 0 Å². The molecule has 6 nitrogen and oxygen atoms in total. The Morgan fingerprint density at radius 1 is 1.30 bits per heavy atom. The van der Waals surface area contributed by atoms with Gasteiger partial charge in [0.05, 0.1) is 5.52 Å². The van der Waals surface area contributed by atoms with Crippen molar-refractivity contribution in [2.75, 3.05) is 7.05 Å². The maximum atomic E-state index is 13.0. The average molecular weight is 382 g/mol.